The van der Waals surface area contributed by atoms with E-state index in [4.69, 9.17) is 5.11 Å². The molecule has 1 aliphatic carbocycles. The van der Waals surface area contributed by atoms with Crippen LogP contribution in [0.5, 0.6) is 0 Å². The summed E-state index contributed by atoms with van der Waals surface area (Å²) < 4.78 is 0. The van der Waals surface area contributed by atoms with Gasteiger partial charge in [0, 0.05) is 17.3 Å². The fraction of sp³-hybridized carbons (Fsp3) is 0.273. The van der Waals surface area contributed by atoms with Crippen LogP contribution >= 0.6 is 11.3 Å². The van der Waals surface area contributed by atoms with Gasteiger partial charge in [0.2, 0.25) is 0 Å². The van der Waals surface area contributed by atoms with Gasteiger partial charge >= 0.3 is 5.97 Å². The lowest BCUT2D eigenvalue weighted by atomic mass is 10.1. The highest BCUT2D eigenvalue weighted by molar-refractivity contribution is 7.15. The zero-order valence-corrected chi connectivity index (χ0v) is 9.65. The zero-order chi connectivity index (χ0) is 11.8. The standard InChI is InChI=1S/C11H9N3O2S/c15-11(16)6-1-2-8-9(6)14-10(17-8)7-5-12-3-4-13-7/h3-6H,1-2H2,(H,15,16). The van der Waals surface area contributed by atoms with Crippen LogP contribution in [0.2, 0.25) is 0 Å². The van der Waals surface area contributed by atoms with Crippen molar-refractivity contribution in [1.29, 1.82) is 0 Å². The molecule has 0 saturated heterocycles. The van der Waals surface area contributed by atoms with Crippen LogP contribution in [0, 0.1) is 0 Å². The highest BCUT2D eigenvalue weighted by Gasteiger charge is 2.32. The second kappa shape index (κ2) is 3.89. The minimum Gasteiger partial charge on any atom is -0.481 e. The molecule has 0 bridgehead atoms. The number of fused-ring (bicyclic) bond motifs is 1. The third-order valence-electron chi connectivity index (χ3n) is 2.80. The monoisotopic (exact) mass is 247 g/mol. The summed E-state index contributed by atoms with van der Waals surface area (Å²) in [4.78, 5) is 24.7. The minimum absolute atomic E-state index is 0.452. The maximum absolute atomic E-state index is 11.0. The Morgan fingerprint density at radius 1 is 1.47 bits per heavy atom. The highest BCUT2D eigenvalue weighted by atomic mass is 32.1. The van der Waals surface area contributed by atoms with E-state index in [2.05, 4.69) is 15.0 Å². The molecule has 0 saturated carbocycles. The number of carboxylic acid groups (broad SMARTS) is 1. The van der Waals surface area contributed by atoms with Crippen LogP contribution in [0.4, 0.5) is 0 Å². The Morgan fingerprint density at radius 2 is 2.35 bits per heavy atom. The smallest absolute Gasteiger partial charge is 0.312 e. The Kier molecular flexibility index (Phi) is 2.36. The van der Waals surface area contributed by atoms with Crippen molar-refractivity contribution in [2.75, 3.05) is 0 Å². The van der Waals surface area contributed by atoms with Gasteiger partial charge in [0.25, 0.3) is 0 Å². The number of hydrogen-bond donors (Lipinski definition) is 1. The van der Waals surface area contributed by atoms with Gasteiger partial charge in [0.15, 0.2) is 0 Å². The first-order valence-electron chi connectivity index (χ1n) is 5.24. The summed E-state index contributed by atoms with van der Waals surface area (Å²) in [7, 11) is 0. The van der Waals surface area contributed by atoms with E-state index in [1.54, 1.807) is 18.6 Å². The first kappa shape index (κ1) is 10.3. The molecule has 6 heteroatoms. The van der Waals surface area contributed by atoms with E-state index in [0.717, 1.165) is 16.3 Å². The van der Waals surface area contributed by atoms with Crippen molar-refractivity contribution >= 4 is 17.3 Å². The average Bonchev–Trinajstić information content (AvgIpc) is 2.88. The number of carboxylic acids is 1. The molecule has 1 atom stereocenters. The van der Waals surface area contributed by atoms with Gasteiger partial charge in [-0.05, 0) is 12.8 Å². The second-order valence-corrected chi connectivity index (χ2v) is 4.93. The molecule has 5 nitrogen and oxygen atoms in total. The summed E-state index contributed by atoms with van der Waals surface area (Å²) in [5, 5.41) is 9.83. The van der Waals surface area contributed by atoms with Crippen molar-refractivity contribution in [1.82, 2.24) is 15.0 Å². The first-order valence-corrected chi connectivity index (χ1v) is 6.06. The summed E-state index contributed by atoms with van der Waals surface area (Å²) in [6.07, 6.45) is 6.31. The van der Waals surface area contributed by atoms with Crippen molar-refractivity contribution in [2.24, 2.45) is 0 Å². The summed E-state index contributed by atoms with van der Waals surface area (Å²) in [5.41, 5.74) is 1.42. The molecule has 1 aliphatic rings. The summed E-state index contributed by atoms with van der Waals surface area (Å²) in [6.45, 7) is 0. The first-order chi connectivity index (χ1) is 8.25. The van der Waals surface area contributed by atoms with Crippen molar-refractivity contribution < 1.29 is 9.90 Å². The van der Waals surface area contributed by atoms with Crippen LogP contribution in [0.15, 0.2) is 18.6 Å². The molecule has 2 aromatic rings. The van der Waals surface area contributed by atoms with Crippen molar-refractivity contribution in [3.05, 3.63) is 29.2 Å². The Hall–Kier alpha value is -1.82. The molecule has 2 heterocycles. The van der Waals surface area contributed by atoms with E-state index in [-0.39, 0.29) is 0 Å². The summed E-state index contributed by atoms with van der Waals surface area (Å²) >= 11 is 1.52. The van der Waals surface area contributed by atoms with E-state index in [1.807, 2.05) is 0 Å². The summed E-state index contributed by atoms with van der Waals surface area (Å²) in [5.74, 6) is -1.24. The van der Waals surface area contributed by atoms with E-state index >= 15 is 0 Å². The fourth-order valence-electron chi connectivity index (χ4n) is 1.99. The number of carbonyl (C=O) groups is 1. The molecular formula is C11H9N3O2S. The van der Waals surface area contributed by atoms with Crippen LogP contribution in [0.1, 0.15) is 22.9 Å². The lowest BCUT2D eigenvalue weighted by molar-refractivity contribution is -0.138. The van der Waals surface area contributed by atoms with Gasteiger partial charge in [0.05, 0.1) is 11.9 Å². The molecule has 86 valence electrons. The van der Waals surface area contributed by atoms with E-state index < -0.39 is 11.9 Å². The number of aryl methyl sites for hydroxylation is 1. The van der Waals surface area contributed by atoms with Crippen LogP contribution in [-0.2, 0) is 11.2 Å². The molecule has 0 radical (unpaired) electrons. The van der Waals surface area contributed by atoms with Crippen LogP contribution in [0.25, 0.3) is 10.7 Å². The normalized spacial score (nSPS) is 18.0. The average molecular weight is 247 g/mol. The topological polar surface area (TPSA) is 76.0 Å². The van der Waals surface area contributed by atoms with Gasteiger partial charge in [-0.1, -0.05) is 0 Å². The van der Waals surface area contributed by atoms with E-state index in [1.165, 1.54) is 11.3 Å². The second-order valence-electron chi connectivity index (χ2n) is 3.85. The Labute approximate surface area is 101 Å². The van der Waals surface area contributed by atoms with Crippen LogP contribution in [0.3, 0.4) is 0 Å². The number of nitrogens with zero attached hydrogens (tertiary/aromatic N) is 3. The summed E-state index contributed by atoms with van der Waals surface area (Å²) in [6, 6.07) is 0. The van der Waals surface area contributed by atoms with Crippen molar-refractivity contribution in [2.45, 2.75) is 18.8 Å². The molecule has 0 fully saturated rings. The Morgan fingerprint density at radius 3 is 3.06 bits per heavy atom. The number of rotatable bonds is 2. The fourth-order valence-corrected chi connectivity index (χ4v) is 3.09. The largest absolute Gasteiger partial charge is 0.481 e. The predicted octanol–water partition coefficient (Wildman–Crippen LogP) is 1.71. The van der Waals surface area contributed by atoms with Crippen molar-refractivity contribution in [3.8, 4) is 10.7 Å². The van der Waals surface area contributed by atoms with Crippen LogP contribution in [-0.4, -0.2) is 26.0 Å². The zero-order valence-electron chi connectivity index (χ0n) is 8.83. The highest BCUT2D eigenvalue weighted by Crippen LogP contribution is 2.39. The Bertz CT molecular complexity index is 567. The van der Waals surface area contributed by atoms with Gasteiger partial charge in [-0.15, -0.1) is 11.3 Å². The van der Waals surface area contributed by atoms with E-state index in [0.29, 0.717) is 17.8 Å². The number of aromatic nitrogens is 3. The van der Waals surface area contributed by atoms with Crippen molar-refractivity contribution in [3.63, 3.8) is 0 Å². The van der Waals surface area contributed by atoms with Gasteiger partial charge < -0.3 is 5.11 Å². The maximum Gasteiger partial charge on any atom is 0.312 e. The van der Waals surface area contributed by atoms with Gasteiger partial charge in [-0.2, -0.15) is 0 Å². The van der Waals surface area contributed by atoms with Gasteiger partial charge in [-0.3, -0.25) is 14.8 Å². The molecule has 3 rings (SSSR count). The minimum atomic E-state index is -0.792. The number of hydrogen-bond acceptors (Lipinski definition) is 5. The molecule has 0 amide bonds. The third kappa shape index (κ3) is 1.70. The molecule has 1 unspecified atom stereocenters. The molecule has 1 N–H and O–H groups in total. The van der Waals surface area contributed by atoms with Gasteiger partial charge in [0.1, 0.15) is 16.6 Å². The number of aliphatic carboxylic acids is 1. The maximum atomic E-state index is 11.0. The molecule has 0 spiro atoms. The third-order valence-corrected chi connectivity index (χ3v) is 3.95. The molecule has 2 aromatic heterocycles. The van der Waals surface area contributed by atoms with Gasteiger partial charge in [-0.25, -0.2) is 4.98 Å². The molecular weight excluding hydrogens is 238 g/mol. The van der Waals surface area contributed by atoms with Crippen LogP contribution < -0.4 is 0 Å². The molecule has 17 heavy (non-hydrogen) atoms. The SMILES string of the molecule is O=C(O)C1CCc2sc(-c3cnccn3)nc21. The van der Waals surface area contributed by atoms with E-state index in [9.17, 15) is 4.79 Å². The predicted molar refractivity (Wildman–Crippen MR) is 61.8 cm³/mol. The molecule has 0 aromatic carbocycles. The Balaban J connectivity index is 2.02. The quantitative estimate of drug-likeness (QED) is 0.874. The lowest BCUT2D eigenvalue weighted by Gasteiger charge is -2.00. The number of thiazole rings is 1. The lowest BCUT2D eigenvalue weighted by Crippen LogP contribution is -2.08. The molecule has 0 aliphatic heterocycles.